The fraction of sp³-hybridized carbons (Fsp3) is 0.0156. The normalized spacial score (nSPS) is 13.2. The average molecular weight is 895 g/mol. The third-order valence-electron chi connectivity index (χ3n) is 14.5. The van der Waals surface area contributed by atoms with Gasteiger partial charge < -0.3 is 14.0 Å². The fourth-order valence-electron chi connectivity index (χ4n) is 11.5. The summed E-state index contributed by atoms with van der Waals surface area (Å²) in [6.07, 6.45) is 0. The van der Waals surface area contributed by atoms with Crippen LogP contribution in [-0.2, 0) is 5.41 Å². The molecule has 0 bridgehead atoms. The Hall–Kier alpha value is -9.39. The molecule has 0 saturated carbocycles. The third-order valence-corrected chi connectivity index (χ3v) is 14.5. The lowest BCUT2D eigenvalue weighted by Gasteiger charge is -2.33. The van der Waals surface area contributed by atoms with Gasteiger partial charge in [-0.1, -0.05) is 164 Å². The van der Waals surface area contributed by atoms with Crippen molar-refractivity contribution in [3.63, 3.8) is 0 Å². The first-order chi connectivity index (χ1) is 34.7. The van der Waals surface area contributed by atoms with E-state index in [0.29, 0.717) is 17.5 Å². The standard InChI is InChI=1S/C64H38N4O2/c1-3-15-39(16-4-1)61-65-62(40-17-5-2-6-18-40)67-63(66-61)41-27-31-44(32-28-41)68-54-24-12-9-21-48(54)50-37-42(30-35-55(50)68)43-29-33-47-49-34-36-58-60(70-57-26-14-13-25-56(57)69-58)59(49)64(53(47)38-43)51-22-10-7-19-45(51)46-20-8-11-23-52(46)64/h1-38H. The SMILES string of the molecule is c1ccc(-c2nc(-c3ccccc3)nc(-c3ccc(-n4c5ccccc5c5cc(-c6ccc7c(c6)C6(c8ccccc8-c8ccccc86)c6c-7ccc7c6Oc6ccccc6O7)ccc54)cc3)n2)cc1. The molecule has 0 fully saturated rings. The van der Waals surface area contributed by atoms with Crippen LogP contribution in [0.4, 0.5) is 0 Å². The van der Waals surface area contributed by atoms with Crippen LogP contribution in [0.1, 0.15) is 22.3 Å². The first-order valence-electron chi connectivity index (χ1n) is 23.7. The summed E-state index contributed by atoms with van der Waals surface area (Å²) in [5, 5.41) is 2.37. The minimum absolute atomic E-state index is 0.626. The Morgan fingerprint density at radius 2 is 0.829 bits per heavy atom. The number of hydrogen-bond donors (Lipinski definition) is 0. The van der Waals surface area contributed by atoms with E-state index in [2.05, 4.69) is 150 Å². The van der Waals surface area contributed by atoms with E-state index in [1.807, 2.05) is 84.9 Å². The molecule has 6 heteroatoms. The van der Waals surface area contributed by atoms with Crippen LogP contribution in [0.5, 0.6) is 23.0 Å². The number of nitrogens with zero attached hydrogens (tertiary/aromatic N) is 4. The van der Waals surface area contributed by atoms with Gasteiger partial charge in [0, 0.05) is 38.7 Å². The number of aromatic nitrogens is 4. The molecule has 326 valence electrons. The van der Waals surface area contributed by atoms with E-state index in [1.165, 1.54) is 44.2 Å². The van der Waals surface area contributed by atoms with Crippen molar-refractivity contribution in [2.24, 2.45) is 0 Å². The highest BCUT2D eigenvalue weighted by Crippen LogP contribution is 2.67. The monoisotopic (exact) mass is 894 g/mol. The Morgan fingerprint density at radius 1 is 0.329 bits per heavy atom. The van der Waals surface area contributed by atoms with Crippen LogP contribution in [0, 0.1) is 0 Å². The highest BCUT2D eigenvalue weighted by Gasteiger charge is 2.54. The van der Waals surface area contributed by atoms with Crippen molar-refractivity contribution in [1.82, 2.24) is 19.5 Å². The third kappa shape index (κ3) is 5.53. The van der Waals surface area contributed by atoms with Crippen LogP contribution in [0.2, 0.25) is 0 Å². The Bertz CT molecular complexity index is 4020. The summed E-state index contributed by atoms with van der Waals surface area (Å²) in [5.41, 5.74) is 17.4. The largest absolute Gasteiger partial charge is 0.450 e. The van der Waals surface area contributed by atoms with Crippen molar-refractivity contribution in [3.8, 4) is 96.2 Å². The molecule has 0 atom stereocenters. The molecule has 0 amide bonds. The lowest BCUT2D eigenvalue weighted by molar-refractivity contribution is 0.354. The number of para-hydroxylation sites is 3. The molecule has 6 nitrogen and oxygen atoms in total. The zero-order chi connectivity index (χ0) is 45.9. The number of hydrogen-bond acceptors (Lipinski definition) is 5. The van der Waals surface area contributed by atoms with Crippen LogP contribution in [0.3, 0.4) is 0 Å². The molecule has 0 saturated heterocycles. The second kappa shape index (κ2) is 14.8. The van der Waals surface area contributed by atoms with Gasteiger partial charge in [0.2, 0.25) is 0 Å². The molecule has 1 aliphatic heterocycles. The Morgan fingerprint density at radius 3 is 1.51 bits per heavy atom. The molecule has 0 radical (unpaired) electrons. The highest BCUT2D eigenvalue weighted by atomic mass is 16.6. The lowest BCUT2D eigenvalue weighted by Crippen LogP contribution is -2.27. The topological polar surface area (TPSA) is 62.1 Å². The zero-order valence-electron chi connectivity index (χ0n) is 37.5. The summed E-state index contributed by atoms with van der Waals surface area (Å²) in [5.74, 6) is 4.84. The predicted molar refractivity (Wildman–Crippen MR) is 279 cm³/mol. The van der Waals surface area contributed by atoms with Gasteiger partial charge in [-0.05, 0) is 117 Å². The number of ether oxygens (including phenoxy) is 2. The van der Waals surface area contributed by atoms with Gasteiger partial charge >= 0.3 is 0 Å². The van der Waals surface area contributed by atoms with Gasteiger partial charge in [0.25, 0.3) is 0 Å². The van der Waals surface area contributed by atoms with Gasteiger partial charge in [-0.3, -0.25) is 0 Å². The first-order valence-corrected chi connectivity index (χ1v) is 23.7. The molecule has 3 heterocycles. The van der Waals surface area contributed by atoms with Crippen LogP contribution in [0.25, 0.3) is 95.0 Å². The molecule has 0 unspecified atom stereocenters. The van der Waals surface area contributed by atoms with E-state index >= 15 is 0 Å². The van der Waals surface area contributed by atoms with Gasteiger partial charge in [-0.2, -0.15) is 0 Å². The van der Waals surface area contributed by atoms with Crippen LogP contribution >= 0.6 is 0 Å². The van der Waals surface area contributed by atoms with E-state index in [9.17, 15) is 0 Å². The molecule has 10 aromatic carbocycles. The van der Waals surface area contributed by atoms with Crippen LogP contribution < -0.4 is 9.47 Å². The molecule has 2 aromatic heterocycles. The molecule has 12 aromatic rings. The van der Waals surface area contributed by atoms with Gasteiger partial charge in [0.15, 0.2) is 40.5 Å². The molecule has 15 rings (SSSR count). The van der Waals surface area contributed by atoms with Gasteiger partial charge in [-0.15, -0.1) is 0 Å². The maximum absolute atomic E-state index is 6.95. The molecule has 70 heavy (non-hydrogen) atoms. The zero-order valence-corrected chi connectivity index (χ0v) is 37.5. The van der Waals surface area contributed by atoms with E-state index in [1.54, 1.807) is 0 Å². The molecule has 0 N–H and O–H groups in total. The Kier molecular flexibility index (Phi) is 8.18. The maximum atomic E-state index is 6.95. The van der Waals surface area contributed by atoms with Crippen molar-refractivity contribution >= 4 is 21.8 Å². The molecular formula is C64H38N4O2. The second-order valence-electron chi connectivity index (χ2n) is 18.2. The summed E-state index contributed by atoms with van der Waals surface area (Å²) >= 11 is 0. The molecule has 3 aliphatic rings. The summed E-state index contributed by atoms with van der Waals surface area (Å²) in [4.78, 5) is 14.9. The van der Waals surface area contributed by atoms with Gasteiger partial charge in [0.1, 0.15) is 0 Å². The lowest BCUT2D eigenvalue weighted by atomic mass is 9.70. The van der Waals surface area contributed by atoms with Crippen molar-refractivity contribution < 1.29 is 9.47 Å². The number of rotatable bonds is 5. The van der Waals surface area contributed by atoms with E-state index in [4.69, 9.17) is 24.4 Å². The summed E-state index contributed by atoms with van der Waals surface area (Å²) < 4.78 is 15.9. The summed E-state index contributed by atoms with van der Waals surface area (Å²) in [7, 11) is 0. The first kappa shape index (κ1) is 38.7. The summed E-state index contributed by atoms with van der Waals surface area (Å²) in [6, 6.07) is 81.4. The van der Waals surface area contributed by atoms with Crippen LogP contribution in [-0.4, -0.2) is 19.5 Å². The van der Waals surface area contributed by atoms with E-state index < -0.39 is 5.41 Å². The van der Waals surface area contributed by atoms with Gasteiger partial charge in [-0.25, -0.2) is 15.0 Å². The molecule has 1 spiro atoms. The summed E-state index contributed by atoms with van der Waals surface area (Å²) in [6.45, 7) is 0. The average Bonchev–Trinajstić information content (AvgIpc) is 4.05. The number of benzene rings is 10. The van der Waals surface area contributed by atoms with Crippen molar-refractivity contribution in [3.05, 3.63) is 253 Å². The second-order valence-corrected chi connectivity index (χ2v) is 18.2. The minimum atomic E-state index is -0.644. The van der Waals surface area contributed by atoms with E-state index in [0.717, 1.165) is 78.7 Å². The van der Waals surface area contributed by atoms with Crippen LogP contribution in [0.15, 0.2) is 231 Å². The van der Waals surface area contributed by atoms with Crippen molar-refractivity contribution in [2.75, 3.05) is 0 Å². The van der Waals surface area contributed by atoms with Gasteiger partial charge in [0.05, 0.1) is 16.4 Å². The van der Waals surface area contributed by atoms with Crippen molar-refractivity contribution in [2.45, 2.75) is 5.41 Å². The number of fused-ring (bicyclic) bond motifs is 16. The van der Waals surface area contributed by atoms with Crippen molar-refractivity contribution in [1.29, 1.82) is 0 Å². The fourth-order valence-corrected chi connectivity index (χ4v) is 11.5. The molecule has 2 aliphatic carbocycles. The minimum Gasteiger partial charge on any atom is -0.450 e. The smallest absolute Gasteiger partial charge is 0.175 e. The maximum Gasteiger partial charge on any atom is 0.175 e. The molecular weight excluding hydrogens is 857 g/mol. The Balaban J connectivity index is 0.865. The quantitative estimate of drug-likeness (QED) is 0.172. The van der Waals surface area contributed by atoms with E-state index in [-0.39, 0.29) is 0 Å². The Labute approximate surface area is 403 Å². The predicted octanol–water partition coefficient (Wildman–Crippen LogP) is 15.9. The highest BCUT2D eigenvalue weighted by molar-refractivity contribution is 6.10.